The second kappa shape index (κ2) is 6.87. The molecule has 2 aromatic rings. The SMILES string of the molecule is C#CC1(Oc2ccc(Cc3ccccc3)cc2)CCC(F)CC1. The third-order valence-corrected chi connectivity index (χ3v) is 4.47. The molecular weight excluding hydrogens is 287 g/mol. The molecule has 0 N–H and O–H groups in total. The van der Waals surface area contributed by atoms with Gasteiger partial charge >= 0.3 is 0 Å². The molecule has 0 heterocycles. The van der Waals surface area contributed by atoms with Crippen LogP contribution in [-0.2, 0) is 6.42 Å². The van der Waals surface area contributed by atoms with Crippen LogP contribution in [0.25, 0.3) is 0 Å². The van der Waals surface area contributed by atoms with E-state index in [0.29, 0.717) is 25.7 Å². The van der Waals surface area contributed by atoms with Crippen molar-refractivity contribution >= 4 is 0 Å². The van der Waals surface area contributed by atoms with E-state index in [2.05, 4.69) is 30.2 Å². The summed E-state index contributed by atoms with van der Waals surface area (Å²) in [6.45, 7) is 0. The Labute approximate surface area is 137 Å². The predicted molar refractivity (Wildman–Crippen MR) is 91.2 cm³/mol. The number of hydrogen-bond donors (Lipinski definition) is 0. The molecule has 0 saturated heterocycles. The number of halogens is 1. The van der Waals surface area contributed by atoms with E-state index in [4.69, 9.17) is 11.2 Å². The van der Waals surface area contributed by atoms with Crippen LogP contribution in [0.4, 0.5) is 4.39 Å². The van der Waals surface area contributed by atoms with Crippen LogP contribution in [0.5, 0.6) is 5.75 Å². The van der Waals surface area contributed by atoms with E-state index in [0.717, 1.165) is 12.2 Å². The molecule has 1 aliphatic carbocycles. The van der Waals surface area contributed by atoms with Crippen molar-refractivity contribution in [2.24, 2.45) is 0 Å². The maximum atomic E-state index is 13.3. The maximum absolute atomic E-state index is 13.3. The summed E-state index contributed by atoms with van der Waals surface area (Å²) in [7, 11) is 0. The van der Waals surface area contributed by atoms with Gasteiger partial charge in [-0.2, -0.15) is 0 Å². The highest BCUT2D eigenvalue weighted by Gasteiger charge is 2.35. The molecule has 1 aliphatic rings. The molecule has 118 valence electrons. The Kier molecular flexibility index (Phi) is 4.67. The normalized spacial score (nSPS) is 23.9. The fourth-order valence-corrected chi connectivity index (χ4v) is 3.06. The van der Waals surface area contributed by atoms with Crippen molar-refractivity contribution in [1.82, 2.24) is 0 Å². The molecular formula is C21H21FO. The molecule has 0 unspecified atom stereocenters. The third kappa shape index (κ3) is 3.93. The minimum atomic E-state index is -0.742. The first kappa shape index (κ1) is 15.6. The second-order valence-electron chi connectivity index (χ2n) is 6.22. The lowest BCUT2D eigenvalue weighted by Crippen LogP contribution is -2.39. The fraction of sp³-hybridized carbons (Fsp3) is 0.333. The Hall–Kier alpha value is -2.27. The largest absolute Gasteiger partial charge is 0.475 e. The quantitative estimate of drug-likeness (QED) is 0.727. The zero-order valence-corrected chi connectivity index (χ0v) is 13.2. The summed E-state index contributed by atoms with van der Waals surface area (Å²) in [5.74, 6) is 3.51. The van der Waals surface area contributed by atoms with E-state index >= 15 is 0 Å². The Morgan fingerprint density at radius 2 is 1.61 bits per heavy atom. The number of alkyl halides is 1. The lowest BCUT2D eigenvalue weighted by Gasteiger charge is -2.34. The van der Waals surface area contributed by atoms with Gasteiger partial charge in [0.2, 0.25) is 0 Å². The number of rotatable bonds is 4. The monoisotopic (exact) mass is 308 g/mol. The van der Waals surface area contributed by atoms with E-state index in [1.807, 2.05) is 30.3 Å². The van der Waals surface area contributed by atoms with Crippen LogP contribution in [0.15, 0.2) is 54.6 Å². The molecule has 0 amide bonds. The highest BCUT2D eigenvalue weighted by atomic mass is 19.1. The molecule has 3 rings (SSSR count). The van der Waals surface area contributed by atoms with Crippen LogP contribution in [0.1, 0.15) is 36.8 Å². The van der Waals surface area contributed by atoms with Crippen molar-refractivity contribution < 1.29 is 9.13 Å². The van der Waals surface area contributed by atoms with E-state index in [9.17, 15) is 4.39 Å². The van der Waals surface area contributed by atoms with Crippen molar-refractivity contribution in [2.45, 2.75) is 43.9 Å². The van der Waals surface area contributed by atoms with Gasteiger partial charge in [0.05, 0.1) is 0 Å². The van der Waals surface area contributed by atoms with Gasteiger partial charge in [-0.15, -0.1) is 6.42 Å². The minimum absolute atomic E-state index is 0.482. The van der Waals surface area contributed by atoms with Gasteiger partial charge in [0, 0.05) is 12.8 Å². The summed E-state index contributed by atoms with van der Waals surface area (Å²) in [6.07, 6.45) is 7.94. The summed E-state index contributed by atoms with van der Waals surface area (Å²) < 4.78 is 19.4. The minimum Gasteiger partial charge on any atom is -0.475 e. The molecule has 0 atom stereocenters. The van der Waals surface area contributed by atoms with Crippen LogP contribution < -0.4 is 4.74 Å². The van der Waals surface area contributed by atoms with Gasteiger partial charge in [-0.25, -0.2) is 4.39 Å². The smallest absolute Gasteiger partial charge is 0.169 e. The van der Waals surface area contributed by atoms with Gasteiger partial charge in [0.25, 0.3) is 0 Å². The lowest BCUT2D eigenvalue weighted by molar-refractivity contribution is 0.0579. The Morgan fingerprint density at radius 1 is 1.00 bits per heavy atom. The Balaban J connectivity index is 1.66. The first-order chi connectivity index (χ1) is 11.2. The molecule has 1 saturated carbocycles. The first-order valence-electron chi connectivity index (χ1n) is 8.13. The highest BCUT2D eigenvalue weighted by molar-refractivity contribution is 5.32. The zero-order valence-electron chi connectivity index (χ0n) is 13.2. The van der Waals surface area contributed by atoms with Crippen molar-refractivity contribution in [3.63, 3.8) is 0 Å². The Morgan fingerprint density at radius 3 is 2.22 bits per heavy atom. The van der Waals surface area contributed by atoms with Crippen molar-refractivity contribution in [1.29, 1.82) is 0 Å². The molecule has 1 fully saturated rings. The summed E-state index contributed by atoms with van der Waals surface area (Å²) in [5.41, 5.74) is 1.86. The predicted octanol–water partition coefficient (Wildman–Crippen LogP) is 4.94. The molecule has 23 heavy (non-hydrogen) atoms. The molecule has 0 aliphatic heterocycles. The Bertz CT molecular complexity index is 661. The number of benzene rings is 2. The second-order valence-corrected chi connectivity index (χ2v) is 6.22. The van der Waals surface area contributed by atoms with Gasteiger partial charge in [-0.05, 0) is 42.5 Å². The molecule has 0 bridgehead atoms. The molecule has 2 aromatic carbocycles. The van der Waals surface area contributed by atoms with Gasteiger partial charge in [-0.3, -0.25) is 0 Å². The van der Waals surface area contributed by atoms with Crippen molar-refractivity contribution in [2.75, 3.05) is 0 Å². The van der Waals surface area contributed by atoms with E-state index in [1.54, 1.807) is 0 Å². The topological polar surface area (TPSA) is 9.23 Å². The summed E-state index contributed by atoms with van der Waals surface area (Å²) in [4.78, 5) is 0. The van der Waals surface area contributed by atoms with Crippen LogP contribution in [-0.4, -0.2) is 11.8 Å². The molecule has 0 spiro atoms. The number of ether oxygens (including phenoxy) is 1. The molecule has 0 aromatic heterocycles. The maximum Gasteiger partial charge on any atom is 0.169 e. The van der Waals surface area contributed by atoms with E-state index in [-0.39, 0.29) is 0 Å². The van der Waals surface area contributed by atoms with Crippen LogP contribution >= 0.6 is 0 Å². The van der Waals surface area contributed by atoms with Crippen LogP contribution in [0.2, 0.25) is 0 Å². The van der Waals surface area contributed by atoms with Crippen molar-refractivity contribution in [3.8, 4) is 18.1 Å². The lowest BCUT2D eigenvalue weighted by atomic mass is 9.84. The van der Waals surface area contributed by atoms with Gasteiger partial charge < -0.3 is 4.74 Å². The summed E-state index contributed by atoms with van der Waals surface area (Å²) in [5, 5.41) is 0. The average Bonchev–Trinajstić information content (AvgIpc) is 2.60. The molecule has 2 heteroatoms. The standard InChI is InChI=1S/C21H21FO/c1-2-21(14-12-19(22)13-15-21)23-20-10-8-18(9-11-20)16-17-6-4-3-5-7-17/h1,3-11,19H,12-16H2. The zero-order chi connectivity index (χ0) is 16.1. The average molecular weight is 308 g/mol. The molecule has 0 radical (unpaired) electrons. The van der Waals surface area contributed by atoms with Crippen molar-refractivity contribution in [3.05, 3.63) is 65.7 Å². The van der Waals surface area contributed by atoms with E-state index in [1.165, 1.54) is 11.1 Å². The van der Waals surface area contributed by atoms with Gasteiger partial charge in [0.15, 0.2) is 5.60 Å². The molecule has 1 nitrogen and oxygen atoms in total. The highest BCUT2D eigenvalue weighted by Crippen LogP contribution is 2.34. The van der Waals surface area contributed by atoms with E-state index < -0.39 is 11.8 Å². The fourth-order valence-electron chi connectivity index (χ4n) is 3.06. The van der Waals surface area contributed by atoms with Crippen LogP contribution in [0, 0.1) is 12.3 Å². The third-order valence-electron chi connectivity index (χ3n) is 4.47. The number of hydrogen-bond acceptors (Lipinski definition) is 1. The first-order valence-corrected chi connectivity index (χ1v) is 8.13. The van der Waals surface area contributed by atoms with Gasteiger partial charge in [0.1, 0.15) is 11.9 Å². The number of terminal acetylenes is 1. The summed E-state index contributed by atoms with van der Waals surface area (Å²) >= 11 is 0. The summed E-state index contributed by atoms with van der Waals surface area (Å²) in [6, 6.07) is 18.4. The van der Waals surface area contributed by atoms with Gasteiger partial charge in [-0.1, -0.05) is 48.4 Å². The van der Waals surface area contributed by atoms with Crippen LogP contribution in [0.3, 0.4) is 0 Å².